The molecule has 0 saturated carbocycles. The van der Waals surface area contributed by atoms with Crippen molar-refractivity contribution in [1.82, 2.24) is 16.2 Å². The van der Waals surface area contributed by atoms with E-state index in [-0.39, 0.29) is 17.5 Å². The molecule has 0 aromatic heterocycles. The molecule has 0 aliphatic carbocycles. The van der Waals surface area contributed by atoms with E-state index in [2.05, 4.69) is 16.2 Å². The SMILES string of the molecule is O=C(C=Cc1ccc(F)cc1)NC(=S)NNC(=O)COc1ccc(Cl)cc1. The van der Waals surface area contributed by atoms with Gasteiger partial charge in [0.25, 0.3) is 5.91 Å². The summed E-state index contributed by atoms with van der Waals surface area (Å²) in [6, 6.07) is 12.1. The molecule has 9 heteroatoms. The Morgan fingerprint density at radius 3 is 2.41 bits per heavy atom. The molecule has 2 rings (SSSR count). The maximum absolute atomic E-state index is 12.8. The van der Waals surface area contributed by atoms with Crippen molar-refractivity contribution in [3.63, 3.8) is 0 Å². The number of amides is 2. The van der Waals surface area contributed by atoms with Gasteiger partial charge in [0.15, 0.2) is 11.7 Å². The summed E-state index contributed by atoms with van der Waals surface area (Å²) in [6.45, 7) is -0.254. The Bertz CT molecular complexity index is 842. The lowest BCUT2D eigenvalue weighted by Gasteiger charge is -2.10. The quantitative estimate of drug-likeness (QED) is 0.403. The van der Waals surface area contributed by atoms with Crippen LogP contribution in [0.25, 0.3) is 6.08 Å². The lowest BCUT2D eigenvalue weighted by molar-refractivity contribution is -0.123. The van der Waals surface area contributed by atoms with Crippen LogP contribution in [0.15, 0.2) is 54.6 Å². The van der Waals surface area contributed by atoms with E-state index in [0.29, 0.717) is 16.3 Å². The van der Waals surface area contributed by atoms with Crippen LogP contribution in [0.4, 0.5) is 4.39 Å². The normalized spacial score (nSPS) is 10.3. The van der Waals surface area contributed by atoms with E-state index in [4.69, 9.17) is 28.6 Å². The number of nitrogens with one attached hydrogen (secondary N) is 3. The minimum atomic E-state index is -0.511. The second-order valence-electron chi connectivity index (χ2n) is 5.12. The molecular formula is C18H15ClFN3O3S. The fourth-order valence-corrected chi connectivity index (χ4v) is 2.05. The summed E-state index contributed by atoms with van der Waals surface area (Å²) in [5, 5.41) is 2.81. The van der Waals surface area contributed by atoms with Crippen LogP contribution >= 0.6 is 23.8 Å². The first-order chi connectivity index (χ1) is 12.9. The van der Waals surface area contributed by atoms with Crippen LogP contribution in [0, 0.1) is 5.82 Å². The van der Waals surface area contributed by atoms with Gasteiger partial charge in [-0.3, -0.25) is 25.8 Å². The third kappa shape index (κ3) is 7.85. The van der Waals surface area contributed by atoms with Gasteiger partial charge in [-0.1, -0.05) is 23.7 Å². The van der Waals surface area contributed by atoms with Crippen molar-refractivity contribution in [2.75, 3.05) is 6.61 Å². The van der Waals surface area contributed by atoms with Crippen LogP contribution in [0.2, 0.25) is 5.02 Å². The number of benzene rings is 2. The zero-order valence-electron chi connectivity index (χ0n) is 13.9. The first kappa shape index (κ1) is 20.3. The first-order valence-corrected chi connectivity index (χ1v) is 8.43. The van der Waals surface area contributed by atoms with E-state index in [0.717, 1.165) is 0 Å². The molecule has 0 atom stereocenters. The van der Waals surface area contributed by atoms with Gasteiger partial charge in [-0.25, -0.2) is 4.39 Å². The largest absolute Gasteiger partial charge is 0.484 e. The van der Waals surface area contributed by atoms with Gasteiger partial charge in [-0.2, -0.15) is 0 Å². The maximum atomic E-state index is 12.8. The Morgan fingerprint density at radius 1 is 1.07 bits per heavy atom. The van der Waals surface area contributed by atoms with Gasteiger partial charge in [0, 0.05) is 11.1 Å². The maximum Gasteiger partial charge on any atom is 0.276 e. The third-order valence-electron chi connectivity index (χ3n) is 3.03. The molecule has 2 aromatic carbocycles. The van der Waals surface area contributed by atoms with Gasteiger partial charge >= 0.3 is 0 Å². The Balaban J connectivity index is 1.68. The highest BCUT2D eigenvalue weighted by Gasteiger charge is 2.05. The predicted molar refractivity (Wildman–Crippen MR) is 104 cm³/mol. The molecule has 3 N–H and O–H groups in total. The van der Waals surface area contributed by atoms with Gasteiger partial charge in [0.2, 0.25) is 5.91 Å². The molecular weight excluding hydrogens is 393 g/mol. The standard InChI is InChI=1S/C18H15ClFN3O3S/c19-13-4-8-15(9-5-13)26-11-17(25)22-23-18(27)21-16(24)10-3-12-1-6-14(20)7-2-12/h1-10H,11H2,(H,22,25)(H2,21,23,24,27). The number of hydrogen-bond acceptors (Lipinski definition) is 4. The van der Waals surface area contributed by atoms with Gasteiger partial charge in [-0.15, -0.1) is 0 Å². The Labute approximate surface area is 165 Å². The Hall–Kier alpha value is -2.97. The minimum absolute atomic E-state index is 0.0939. The summed E-state index contributed by atoms with van der Waals surface area (Å²) >= 11 is 10.6. The number of carbonyl (C=O) groups excluding carboxylic acids is 2. The number of ether oxygens (including phenoxy) is 1. The van der Waals surface area contributed by atoms with Crippen molar-refractivity contribution in [1.29, 1.82) is 0 Å². The van der Waals surface area contributed by atoms with Crippen molar-refractivity contribution in [3.05, 3.63) is 71.0 Å². The Morgan fingerprint density at radius 2 is 1.74 bits per heavy atom. The molecule has 27 heavy (non-hydrogen) atoms. The van der Waals surface area contributed by atoms with Gasteiger partial charge in [0.05, 0.1) is 0 Å². The highest BCUT2D eigenvalue weighted by molar-refractivity contribution is 7.80. The zero-order valence-corrected chi connectivity index (χ0v) is 15.4. The number of carbonyl (C=O) groups is 2. The minimum Gasteiger partial charge on any atom is -0.484 e. The molecule has 0 saturated heterocycles. The van der Waals surface area contributed by atoms with E-state index >= 15 is 0 Å². The summed E-state index contributed by atoms with van der Waals surface area (Å²) in [7, 11) is 0. The smallest absolute Gasteiger partial charge is 0.276 e. The number of thiocarbonyl (C=S) groups is 1. The van der Waals surface area contributed by atoms with Crippen molar-refractivity contribution in [2.24, 2.45) is 0 Å². The molecule has 2 amide bonds. The van der Waals surface area contributed by atoms with Crippen LogP contribution in [0.1, 0.15) is 5.56 Å². The highest BCUT2D eigenvalue weighted by atomic mass is 35.5. The highest BCUT2D eigenvalue weighted by Crippen LogP contribution is 2.15. The van der Waals surface area contributed by atoms with E-state index < -0.39 is 11.8 Å². The summed E-state index contributed by atoms with van der Waals surface area (Å²) in [5.74, 6) is -0.888. The van der Waals surface area contributed by atoms with Crippen LogP contribution in [0.5, 0.6) is 5.75 Å². The second-order valence-corrected chi connectivity index (χ2v) is 5.96. The number of rotatable bonds is 5. The number of hydrogen-bond donors (Lipinski definition) is 3. The lowest BCUT2D eigenvalue weighted by Crippen LogP contribution is -2.49. The Kier molecular flexibility index (Phi) is 7.72. The van der Waals surface area contributed by atoms with E-state index in [9.17, 15) is 14.0 Å². The van der Waals surface area contributed by atoms with Crippen LogP contribution in [-0.4, -0.2) is 23.5 Å². The van der Waals surface area contributed by atoms with Crippen molar-refractivity contribution >= 4 is 46.8 Å². The summed E-state index contributed by atoms with van der Waals surface area (Å²) in [5.41, 5.74) is 5.32. The molecule has 0 heterocycles. The van der Waals surface area contributed by atoms with Crippen molar-refractivity contribution in [3.8, 4) is 5.75 Å². The molecule has 0 aliphatic rings. The van der Waals surface area contributed by atoms with Crippen LogP contribution < -0.4 is 20.9 Å². The lowest BCUT2D eigenvalue weighted by atomic mass is 10.2. The molecule has 6 nitrogen and oxygen atoms in total. The summed E-state index contributed by atoms with van der Waals surface area (Å²) in [6.07, 6.45) is 2.72. The van der Waals surface area contributed by atoms with Crippen molar-refractivity contribution < 1.29 is 18.7 Å². The fraction of sp³-hybridized carbons (Fsp3) is 0.0556. The molecule has 0 unspecified atom stereocenters. The number of hydrazine groups is 1. The monoisotopic (exact) mass is 407 g/mol. The molecule has 0 radical (unpaired) electrons. The van der Waals surface area contributed by atoms with Crippen molar-refractivity contribution in [2.45, 2.75) is 0 Å². The summed E-state index contributed by atoms with van der Waals surface area (Å²) < 4.78 is 18.1. The average Bonchev–Trinajstić information content (AvgIpc) is 2.65. The van der Waals surface area contributed by atoms with E-state index in [1.807, 2.05) is 0 Å². The third-order valence-corrected chi connectivity index (χ3v) is 3.49. The van der Waals surface area contributed by atoms with Crippen LogP contribution in [0.3, 0.4) is 0 Å². The zero-order chi connectivity index (χ0) is 19.6. The average molecular weight is 408 g/mol. The molecule has 0 spiro atoms. The van der Waals surface area contributed by atoms with E-state index in [1.165, 1.54) is 36.4 Å². The fourth-order valence-electron chi connectivity index (χ4n) is 1.77. The van der Waals surface area contributed by atoms with Gasteiger partial charge in [-0.05, 0) is 60.3 Å². The molecule has 140 valence electrons. The first-order valence-electron chi connectivity index (χ1n) is 7.64. The predicted octanol–water partition coefficient (Wildman–Crippen LogP) is 2.59. The molecule has 0 bridgehead atoms. The molecule has 2 aromatic rings. The van der Waals surface area contributed by atoms with Crippen LogP contribution in [-0.2, 0) is 9.59 Å². The topological polar surface area (TPSA) is 79.5 Å². The molecule has 0 fully saturated rings. The van der Waals surface area contributed by atoms with Gasteiger partial charge < -0.3 is 4.74 Å². The van der Waals surface area contributed by atoms with E-state index in [1.54, 1.807) is 24.3 Å². The second kappa shape index (κ2) is 10.2. The molecule has 0 aliphatic heterocycles. The number of halogens is 2. The van der Waals surface area contributed by atoms with Gasteiger partial charge in [0.1, 0.15) is 11.6 Å². The summed E-state index contributed by atoms with van der Waals surface area (Å²) in [4.78, 5) is 23.4.